The summed E-state index contributed by atoms with van der Waals surface area (Å²) in [5.74, 6) is 0.303. The first-order valence-electron chi connectivity index (χ1n) is 9.55. The van der Waals surface area contributed by atoms with Gasteiger partial charge in [0.05, 0.1) is 0 Å². The van der Waals surface area contributed by atoms with Crippen LogP contribution in [0.3, 0.4) is 0 Å². The van der Waals surface area contributed by atoms with Crippen LogP contribution in [0, 0.1) is 5.92 Å². The Bertz CT molecular complexity index is 810. The molecule has 1 unspecified atom stereocenters. The zero-order valence-corrected chi connectivity index (χ0v) is 17.0. The fourth-order valence-electron chi connectivity index (χ4n) is 3.66. The van der Waals surface area contributed by atoms with Gasteiger partial charge in [0.2, 0.25) is 5.91 Å². The van der Waals surface area contributed by atoms with Gasteiger partial charge in [-0.05, 0) is 66.3 Å². The molecule has 0 spiro atoms. The van der Waals surface area contributed by atoms with Crippen LogP contribution in [0.25, 0.3) is 11.3 Å². The normalized spacial score (nSPS) is 17.0. The molecule has 7 heteroatoms. The zero-order chi connectivity index (χ0) is 20.1. The molecule has 2 N–H and O–H groups in total. The van der Waals surface area contributed by atoms with E-state index in [1.165, 1.54) is 6.42 Å². The summed E-state index contributed by atoms with van der Waals surface area (Å²) in [5.41, 5.74) is 0.795. The molecule has 2 atom stereocenters. The molecular formula is C21H26N2O4S. The number of carbonyl (C=O) groups excluding carboxylic acids is 2. The highest BCUT2D eigenvalue weighted by Crippen LogP contribution is 2.28. The van der Waals surface area contributed by atoms with E-state index in [1.54, 1.807) is 37.6 Å². The third kappa shape index (κ3) is 4.77. The lowest BCUT2D eigenvalue weighted by Crippen LogP contribution is -2.50. The van der Waals surface area contributed by atoms with Crippen LogP contribution in [0.1, 0.15) is 42.7 Å². The zero-order valence-electron chi connectivity index (χ0n) is 16.2. The topological polar surface area (TPSA) is 94.4 Å². The molecule has 0 bridgehead atoms. The molecule has 6 nitrogen and oxygen atoms in total. The van der Waals surface area contributed by atoms with E-state index in [1.807, 2.05) is 12.1 Å². The van der Waals surface area contributed by atoms with Gasteiger partial charge < -0.3 is 19.6 Å². The number of benzene rings is 1. The van der Waals surface area contributed by atoms with Crippen LogP contribution in [0.5, 0.6) is 0 Å². The summed E-state index contributed by atoms with van der Waals surface area (Å²) in [6.45, 7) is 0. The minimum atomic E-state index is -1.04. The number of likely N-dealkylation sites (N-methyl/N-ethyl adjacent to an activating group) is 1. The van der Waals surface area contributed by atoms with Crippen molar-refractivity contribution in [2.45, 2.75) is 43.0 Å². The third-order valence-corrected chi connectivity index (χ3v) is 6.17. The predicted octanol–water partition coefficient (Wildman–Crippen LogP) is 3.11. The third-order valence-electron chi connectivity index (χ3n) is 5.24. The highest BCUT2D eigenvalue weighted by atomic mass is 32.2. The predicted molar refractivity (Wildman–Crippen MR) is 108 cm³/mol. The van der Waals surface area contributed by atoms with E-state index in [0.717, 1.165) is 36.1 Å². The van der Waals surface area contributed by atoms with E-state index in [2.05, 4.69) is 10.6 Å². The summed E-state index contributed by atoms with van der Waals surface area (Å²) in [5, 5.41) is 5.51. The van der Waals surface area contributed by atoms with Crippen molar-refractivity contribution < 1.29 is 18.6 Å². The van der Waals surface area contributed by atoms with Gasteiger partial charge in [-0.25, -0.2) is 0 Å². The maximum absolute atomic E-state index is 12.7. The summed E-state index contributed by atoms with van der Waals surface area (Å²) in [4.78, 5) is 25.7. The van der Waals surface area contributed by atoms with E-state index in [-0.39, 0.29) is 17.6 Å². The van der Waals surface area contributed by atoms with Crippen molar-refractivity contribution in [2.24, 2.45) is 5.92 Å². The van der Waals surface area contributed by atoms with Crippen molar-refractivity contribution in [2.75, 3.05) is 13.3 Å². The first kappa shape index (κ1) is 20.5. The molecule has 2 aromatic rings. The first-order valence-corrected chi connectivity index (χ1v) is 11.1. The van der Waals surface area contributed by atoms with E-state index in [0.29, 0.717) is 5.76 Å². The maximum atomic E-state index is 12.7. The number of amides is 2. The molecular weight excluding hydrogens is 376 g/mol. The van der Waals surface area contributed by atoms with E-state index in [9.17, 15) is 14.1 Å². The van der Waals surface area contributed by atoms with Gasteiger partial charge >= 0.3 is 0 Å². The number of rotatable bonds is 6. The fraction of sp³-hybridized carbons (Fsp3) is 0.429. The molecule has 0 saturated heterocycles. The van der Waals surface area contributed by atoms with Gasteiger partial charge in [-0.2, -0.15) is 0 Å². The average Bonchev–Trinajstić information content (AvgIpc) is 3.22. The molecule has 1 saturated carbocycles. The van der Waals surface area contributed by atoms with E-state index < -0.39 is 23.1 Å². The average molecular weight is 403 g/mol. The van der Waals surface area contributed by atoms with Crippen molar-refractivity contribution in [3.63, 3.8) is 0 Å². The monoisotopic (exact) mass is 402 g/mol. The van der Waals surface area contributed by atoms with E-state index in [4.69, 9.17) is 4.42 Å². The van der Waals surface area contributed by atoms with E-state index >= 15 is 0 Å². The van der Waals surface area contributed by atoms with Crippen LogP contribution in [-0.2, 0) is 16.0 Å². The smallest absolute Gasteiger partial charge is 0.287 e. The summed E-state index contributed by atoms with van der Waals surface area (Å²) >= 11 is -1.04. The molecule has 0 aliphatic heterocycles. The van der Waals surface area contributed by atoms with Crippen LogP contribution in [0.15, 0.2) is 45.7 Å². The maximum Gasteiger partial charge on any atom is 0.287 e. The largest absolute Gasteiger partial charge is 0.612 e. The number of nitrogens with one attached hydrogen (secondary N) is 2. The molecule has 1 fully saturated rings. The number of hydrogen-bond donors (Lipinski definition) is 2. The second kappa shape index (κ2) is 9.30. The van der Waals surface area contributed by atoms with Crippen molar-refractivity contribution in [1.29, 1.82) is 0 Å². The lowest BCUT2D eigenvalue weighted by molar-refractivity contribution is -0.124. The molecule has 0 radical (unpaired) electrons. The number of hydrogen-bond acceptors (Lipinski definition) is 4. The molecule has 1 aliphatic rings. The van der Waals surface area contributed by atoms with Gasteiger partial charge in [-0.1, -0.05) is 19.3 Å². The summed E-state index contributed by atoms with van der Waals surface area (Å²) in [7, 11) is 1.59. The standard InChI is InChI=1S/C21H26N2O4S/c1-22-21(25)19(15-6-4-3-5-7-15)23-20(24)18-13-12-17(27-18)14-8-10-16(11-9-14)28(2)26/h8-13,15,19H,3-7H2,1-2H3,(H,22,25)(H,23,24)/t19-,28?/m0/s1. The van der Waals surface area contributed by atoms with Crippen molar-refractivity contribution in [3.05, 3.63) is 42.2 Å². The molecule has 1 aliphatic carbocycles. The highest BCUT2D eigenvalue weighted by Gasteiger charge is 2.31. The molecule has 3 rings (SSSR count). The quantitative estimate of drug-likeness (QED) is 0.726. The minimum Gasteiger partial charge on any atom is -0.612 e. The van der Waals surface area contributed by atoms with Crippen LogP contribution in [0.2, 0.25) is 0 Å². The van der Waals surface area contributed by atoms with Crippen LogP contribution >= 0.6 is 0 Å². The summed E-state index contributed by atoms with van der Waals surface area (Å²) in [6, 6.07) is 9.96. The second-order valence-electron chi connectivity index (χ2n) is 7.11. The Morgan fingerprint density at radius 2 is 1.79 bits per heavy atom. The Morgan fingerprint density at radius 3 is 2.39 bits per heavy atom. The van der Waals surface area contributed by atoms with Crippen molar-refractivity contribution in [1.82, 2.24) is 10.6 Å². The lowest BCUT2D eigenvalue weighted by atomic mass is 9.83. The summed E-state index contributed by atoms with van der Waals surface area (Å²) < 4.78 is 17.2. The number of furan rings is 1. The second-order valence-corrected chi connectivity index (χ2v) is 8.49. The fourth-order valence-corrected chi connectivity index (χ4v) is 4.18. The Labute approximate surface area is 168 Å². The van der Waals surface area contributed by atoms with Crippen LogP contribution < -0.4 is 10.6 Å². The molecule has 150 valence electrons. The van der Waals surface area contributed by atoms with Gasteiger partial charge in [0, 0.05) is 12.6 Å². The van der Waals surface area contributed by atoms with Gasteiger partial charge in [0.1, 0.15) is 18.1 Å². The Hall–Kier alpha value is -2.25. The van der Waals surface area contributed by atoms with Gasteiger partial charge in [0.15, 0.2) is 10.7 Å². The molecule has 2 amide bonds. The van der Waals surface area contributed by atoms with Crippen molar-refractivity contribution >= 4 is 23.0 Å². The minimum absolute atomic E-state index is 0.148. The first-order chi connectivity index (χ1) is 13.5. The Balaban J connectivity index is 1.72. The molecule has 1 aromatic carbocycles. The lowest BCUT2D eigenvalue weighted by Gasteiger charge is -2.29. The molecule has 1 heterocycles. The highest BCUT2D eigenvalue weighted by molar-refractivity contribution is 7.90. The Morgan fingerprint density at radius 1 is 1.11 bits per heavy atom. The Kier molecular flexibility index (Phi) is 6.80. The SMILES string of the molecule is CNC(=O)[C@@H](NC(=O)c1ccc(-c2ccc([S+](C)[O-])cc2)o1)C1CCCCC1. The molecule has 1 aromatic heterocycles. The molecule has 28 heavy (non-hydrogen) atoms. The van der Waals surface area contributed by atoms with Crippen LogP contribution in [0.4, 0.5) is 0 Å². The van der Waals surface area contributed by atoms with Gasteiger partial charge in [-0.3, -0.25) is 9.59 Å². The van der Waals surface area contributed by atoms with Gasteiger partial charge in [-0.15, -0.1) is 0 Å². The van der Waals surface area contributed by atoms with Gasteiger partial charge in [0.25, 0.3) is 5.91 Å². The van der Waals surface area contributed by atoms with Crippen molar-refractivity contribution in [3.8, 4) is 11.3 Å². The van der Waals surface area contributed by atoms with Crippen LogP contribution in [-0.4, -0.2) is 35.7 Å². The summed E-state index contributed by atoms with van der Waals surface area (Å²) in [6.07, 6.45) is 6.84. The number of carbonyl (C=O) groups is 2.